The second kappa shape index (κ2) is 6.90. The van der Waals surface area contributed by atoms with Crippen LogP contribution in [-0.2, 0) is 22.1 Å². The van der Waals surface area contributed by atoms with Crippen LogP contribution in [0.3, 0.4) is 0 Å². The van der Waals surface area contributed by atoms with Crippen molar-refractivity contribution in [3.05, 3.63) is 48.0 Å². The lowest BCUT2D eigenvalue weighted by atomic mass is 9.84. The summed E-state index contributed by atoms with van der Waals surface area (Å²) in [7, 11) is 1.88. The zero-order chi connectivity index (χ0) is 18.9. The maximum Gasteiger partial charge on any atom is 0.232 e. The SMILES string of the molecule is CC(=O)N[C@@H]1CN(C(=O)C(C)(C)c2cccnc2)C[C@H]1c1ccnn1C. The van der Waals surface area contributed by atoms with Gasteiger partial charge in [-0.1, -0.05) is 6.07 Å². The summed E-state index contributed by atoms with van der Waals surface area (Å²) in [6, 6.07) is 5.58. The van der Waals surface area contributed by atoms with Crippen LogP contribution in [-0.4, -0.2) is 50.6 Å². The van der Waals surface area contributed by atoms with Gasteiger partial charge in [-0.3, -0.25) is 19.3 Å². The van der Waals surface area contributed by atoms with Crippen LogP contribution in [0, 0.1) is 0 Å². The minimum atomic E-state index is -0.684. The summed E-state index contributed by atoms with van der Waals surface area (Å²) >= 11 is 0. The van der Waals surface area contributed by atoms with E-state index in [1.54, 1.807) is 23.3 Å². The van der Waals surface area contributed by atoms with E-state index in [9.17, 15) is 9.59 Å². The molecule has 3 rings (SSSR count). The highest BCUT2D eigenvalue weighted by Gasteiger charge is 2.42. The van der Waals surface area contributed by atoms with Gasteiger partial charge in [-0.15, -0.1) is 0 Å². The van der Waals surface area contributed by atoms with Crippen LogP contribution in [0.5, 0.6) is 0 Å². The van der Waals surface area contributed by atoms with E-state index < -0.39 is 5.41 Å². The Labute approximate surface area is 153 Å². The Morgan fingerprint density at radius 2 is 2.00 bits per heavy atom. The zero-order valence-electron chi connectivity index (χ0n) is 15.6. The van der Waals surface area contributed by atoms with Gasteiger partial charge < -0.3 is 10.2 Å². The number of aromatic nitrogens is 3. The summed E-state index contributed by atoms with van der Waals surface area (Å²) in [6.07, 6.45) is 5.17. The molecule has 1 saturated heterocycles. The molecular weight excluding hydrogens is 330 g/mol. The minimum absolute atomic E-state index is 0.0139. The van der Waals surface area contributed by atoms with E-state index in [2.05, 4.69) is 15.4 Å². The first-order valence-electron chi connectivity index (χ1n) is 8.75. The van der Waals surface area contributed by atoms with Crippen molar-refractivity contribution in [1.29, 1.82) is 0 Å². The molecule has 0 unspecified atom stereocenters. The molecular formula is C19H25N5O2. The van der Waals surface area contributed by atoms with Gasteiger partial charge in [-0.25, -0.2) is 0 Å². The van der Waals surface area contributed by atoms with Gasteiger partial charge in [0.05, 0.1) is 11.5 Å². The predicted molar refractivity (Wildman–Crippen MR) is 97.4 cm³/mol. The Hall–Kier alpha value is -2.70. The average Bonchev–Trinajstić information content (AvgIpc) is 3.20. The Morgan fingerprint density at radius 1 is 1.23 bits per heavy atom. The molecule has 1 N–H and O–H groups in total. The number of amides is 2. The molecule has 2 aromatic heterocycles. The molecule has 0 radical (unpaired) electrons. The number of carbonyl (C=O) groups is 2. The van der Waals surface area contributed by atoms with Crippen molar-refractivity contribution in [2.45, 2.75) is 38.1 Å². The smallest absolute Gasteiger partial charge is 0.232 e. The second-order valence-corrected chi connectivity index (χ2v) is 7.37. The molecule has 3 heterocycles. The van der Waals surface area contributed by atoms with Crippen molar-refractivity contribution in [1.82, 2.24) is 25.0 Å². The summed E-state index contributed by atoms with van der Waals surface area (Å²) < 4.78 is 1.81. The van der Waals surface area contributed by atoms with Gasteiger partial charge in [-0.05, 0) is 31.5 Å². The van der Waals surface area contributed by atoms with E-state index in [1.165, 1.54) is 6.92 Å². The Kier molecular flexibility index (Phi) is 4.80. The molecule has 7 heteroatoms. The molecule has 2 atom stereocenters. The highest BCUT2D eigenvalue weighted by Crippen LogP contribution is 2.32. The third-order valence-corrected chi connectivity index (χ3v) is 5.15. The molecule has 26 heavy (non-hydrogen) atoms. The summed E-state index contributed by atoms with van der Waals surface area (Å²) in [6.45, 7) is 6.36. The number of hydrogen-bond acceptors (Lipinski definition) is 4. The van der Waals surface area contributed by atoms with Crippen molar-refractivity contribution in [3.63, 3.8) is 0 Å². The van der Waals surface area contributed by atoms with E-state index >= 15 is 0 Å². The van der Waals surface area contributed by atoms with Crippen LogP contribution in [0.1, 0.15) is 37.9 Å². The van der Waals surface area contributed by atoms with Crippen molar-refractivity contribution in [2.75, 3.05) is 13.1 Å². The molecule has 2 aromatic rings. The third kappa shape index (κ3) is 3.34. The van der Waals surface area contributed by atoms with Gasteiger partial charge in [0, 0.05) is 57.3 Å². The van der Waals surface area contributed by atoms with Crippen molar-refractivity contribution >= 4 is 11.8 Å². The van der Waals surface area contributed by atoms with Gasteiger partial charge in [0.15, 0.2) is 0 Å². The van der Waals surface area contributed by atoms with E-state index in [4.69, 9.17) is 0 Å². The maximum atomic E-state index is 13.3. The lowest BCUT2D eigenvalue weighted by molar-refractivity contribution is -0.135. The molecule has 0 spiro atoms. The molecule has 138 valence electrons. The molecule has 0 aliphatic carbocycles. The molecule has 1 aliphatic heterocycles. The number of nitrogens with zero attached hydrogens (tertiary/aromatic N) is 4. The van der Waals surface area contributed by atoms with E-state index in [0.717, 1.165) is 11.3 Å². The number of likely N-dealkylation sites (tertiary alicyclic amines) is 1. The van der Waals surface area contributed by atoms with E-state index in [0.29, 0.717) is 13.1 Å². The third-order valence-electron chi connectivity index (χ3n) is 5.15. The summed E-state index contributed by atoms with van der Waals surface area (Å²) in [5.74, 6) is -0.0476. The Morgan fingerprint density at radius 3 is 2.58 bits per heavy atom. The molecule has 0 aromatic carbocycles. The number of hydrogen-bond donors (Lipinski definition) is 1. The standard InChI is InChI=1S/C19H25N5O2/c1-13(25)22-16-12-24(11-15(16)17-7-9-21-23(17)4)18(26)19(2,3)14-6-5-8-20-10-14/h5-10,15-16H,11-12H2,1-4H3,(H,22,25)/t15-,16-/m1/s1. The summed E-state index contributed by atoms with van der Waals surface area (Å²) in [5.41, 5.74) is 1.21. The normalized spacial score (nSPS) is 20.2. The maximum absolute atomic E-state index is 13.3. The largest absolute Gasteiger partial charge is 0.351 e. The Bertz CT molecular complexity index is 799. The van der Waals surface area contributed by atoms with Crippen LogP contribution >= 0.6 is 0 Å². The molecule has 1 aliphatic rings. The summed E-state index contributed by atoms with van der Waals surface area (Å²) in [4.78, 5) is 30.9. The van der Waals surface area contributed by atoms with Gasteiger partial charge in [0.25, 0.3) is 0 Å². The fraction of sp³-hybridized carbons (Fsp3) is 0.474. The Balaban J connectivity index is 1.86. The first-order chi connectivity index (χ1) is 12.3. The van der Waals surface area contributed by atoms with Crippen LogP contribution in [0.15, 0.2) is 36.8 Å². The number of aryl methyl sites for hydroxylation is 1. The van der Waals surface area contributed by atoms with E-state index in [-0.39, 0.29) is 23.8 Å². The average molecular weight is 355 g/mol. The van der Waals surface area contributed by atoms with Crippen LogP contribution in [0.25, 0.3) is 0 Å². The molecule has 0 saturated carbocycles. The van der Waals surface area contributed by atoms with Gasteiger partial charge >= 0.3 is 0 Å². The predicted octanol–water partition coefficient (Wildman–Crippen LogP) is 1.22. The van der Waals surface area contributed by atoms with Crippen molar-refractivity contribution < 1.29 is 9.59 Å². The first-order valence-corrected chi connectivity index (χ1v) is 8.75. The van der Waals surface area contributed by atoms with Crippen LogP contribution < -0.4 is 5.32 Å². The lowest BCUT2D eigenvalue weighted by Gasteiger charge is -2.29. The molecule has 7 nitrogen and oxygen atoms in total. The first kappa shape index (κ1) is 18.1. The summed E-state index contributed by atoms with van der Waals surface area (Å²) in [5, 5.41) is 7.23. The monoisotopic (exact) mass is 355 g/mol. The topological polar surface area (TPSA) is 80.1 Å². The second-order valence-electron chi connectivity index (χ2n) is 7.37. The van der Waals surface area contributed by atoms with Gasteiger partial charge in [0.2, 0.25) is 11.8 Å². The molecule has 1 fully saturated rings. The number of rotatable bonds is 4. The van der Waals surface area contributed by atoms with Gasteiger partial charge in [-0.2, -0.15) is 5.10 Å². The quantitative estimate of drug-likeness (QED) is 0.894. The minimum Gasteiger partial charge on any atom is -0.351 e. The van der Waals surface area contributed by atoms with E-state index in [1.807, 2.05) is 44.0 Å². The fourth-order valence-corrected chi connectivity index (χ4v) is 3.68. The zero-order valence-corrected chi connectivity index (χ0v) is 15.6. The van der Waals surface area contributed by atoms with Crippen LogP contribution in [0.4, 0.5) is 0 Å². The van der Waals surface area contributed by atoms with Crippen molar-refractivity contribution in [2.24, 2.45) is 7.05 Å². The number of pyridine rings is 1. The lowest BCUT2D eigenvalue weighted by Crippen LogP contribution is -2.44. The fourth-order valence-electron chi connectivity index (χ4n) is 3.68. The number of carbonyl (C=O) groups excluding carboxylic acids is 2. The van der Waals surface area contributed by atoms with Gasteiger partial charge in [0.1, 0.15) is 0 Å². The number of nitrogens with one attached hydrogen (secondary N) is 1. The molecule has 2 amide bonds. The molecule has 0 bridgehead atoms. The van der Waals surface area contributed by atoms with Crippen molar-refractivity contribution in [3.8, 4) is 0 Å². The highest BCUT2D eigenvalue weighted by molar-refractivity contribution is 5.88. The highest BCUT2D eigenvalue weighted by atomic mass is 16.2. The van der Waals surface area contributed by atoms with Crippen LogP contribution in [0.2, 0.25) is 0 Å².